The molecule has 4 heterocycles. The van der Waals surface area contributed by atoms with Crippen LogP contribution >= 0.6 is 0 Å². The molecule has 39 heavy (non-hydrogen) atoms. The highest BCUT2D eigenvalue weighted by Crippen LogP contribution is 2.46. The molecule has 3 aliphatic heterocycles. The van der Waals surface area contributed by atoms with Gasteiger partial charge in [-0.3, -0.25) is 4.79 Å². The highest BCUT2D eigenvalue weighted by atomic mass is 35.5. The number of carbonyl (C=O) groups is 1. The van der Waals surface area contributed by atoms with Gasteiger partial charge in [0.15, 0.2) is 35.3 Å². The smallest absolute Gasteiger partial charge is 0.231 e. The lowest BCUT2D eigenvalue weighted by molar-refractivity contribution is -0.688. The molecule has 2 aromatic carbocycles. The van der Waals surface area contributed by atoms with E-state index >= 15 is 0 Å². The predicted octanol–water partition coefficient (Wildman–Crippen LogP) is 3.84. The second kappa shape index (κ2) is 11.5. The maximum atomic E-state index is 13.6. The van der Waals surface area contributed by atoms with Crippen molar-refractivity contribution >= 4 is 22.1 Å². The molecule has 3 aromatic rings. The maximum Gasteiger partial charge on any atom is 0.231 e. The van der Waals surface area contributed by atoms with E-state index in [1.54, 1.807) is 0 Å². The summed E-state index contributed by atoms with van der Waals surface area (Å²) in [7, 11) is 0. The monoisotopic (exact) mass is 549 g/mol. The van der Waals surface area contributed by atoms with Crippen LogP contribution in [0.5, 0.6) is 23.0 Å². The Morgan fingerprint density at radius 1 is 0.923 bits per heavy atom. The van der Waals surface area contributed by atoms with Crippen molar-refractivity contribution in [3.63, 3.8) is 0 Å². The Labute approximate surface area is 236 Å². The summed E-state index contributed by atoms with van der Waals surface area (Å²) in [5.74, 6) is 3.08. The summed E-state index contributed by atoms with van der Waals surface area (Å²) in [6, 6.07) is 8.23. The zero-order valence-electron chi connectivity index (χ0n) is 22.9. The molecule has 0 atom stereocenters. The summed E-state index contributed by atoms with van der Waals surface area (Å²) >= 11 is 0. The number of fused-ring (bicyclic) bond motifs is 7. The fraction of sp³-hybridized carbons (Fsp3) is 0.438. The van der Waals surface area contributed by atoms with Crippen molar-refractivity contribution in [2.45, 2.75) is 78.2 Å². The summed E-state index contributed by atoms with van der Waals surface area (Å²) in [6.07, 6.45) is 9.56. The molecule has 7 heteroatoms. The van der Waals surface area contributed by atoms with Gasteiger partial charge in [0.25, 0.3) is 0 Å². The average Bonchev–Trinajstić information content (AvgIpc) is 3.60. The van der Waals surface area contributed by atoms with E-state index in [-0.39, 0.29) is 31.8 Å². The van der Waals surface area contributed by atoms with Crippen LogP contribution in [-0.4, -0.2) is 19.4 Å². The molecule has 0 bridgehead atoms. The molecule has 0 aliphatic carbocycles. The average molecular weight is 550 g/mol. The molecule has 6 nitrogen and oxygen atoms in total. The van der Waals surface area contributed by atoms with Crippen LogP contribution in [0.25, 0.3) is 27.6 Å². The molecule has 0 fully saturated rings. The number of rotatable bonds is 10. The highest BCUT2D eigenvalue weighted by molar-refractivity contribution is 6.22. The molecule has 0 unspecified atom stereocenters. The van der Waals surface area contributed by atoms with Gasteiger partial charge < -0.3 is 31.4 Å². The van der Waals surface area contributed by atoms with Crippen LogP contribution < -0.4 is 35.9 Å². The van der Waals surface area contributed by atoms with Crippen molar-refractivity contribution in [3.05, 3.63) is 47.7 Å². The fourth-order valence-electron chi connectivity index (χ4n) is 6.15. The first-order valence-corrected chi connectivity index (χ1v) is 14.0. The maximum absolute atomic E-state index is 13.6. The number of carbonyl (C=O) groups excluding carboxylic acids is 1. The highest BCUT2D eigenvalue weighted by Gasteiger charge is 2.37. The van der Waals surface area contributed by atoms with Gasteiger partial charge in [0.1, 0.15) is 5.39 Å². The van der Waals surface area contributed by atoms with Gasteiger partial charge in [0.05, 0.1) is 11.1 Å². The van der Waals surface area contributed by atoms with E-state index in [1.165, 1.54) is 37.7 Å². The number of aromatic nitrogens is 1. The lowest BCUT2D eigenvalue weighted by Crippen LogP contribution is -3.00. The minimum Gasteiger partial charge on any atom is -1.00 e. The number of benzene rings is 2. The molecule has 1 aromatic heterocycles. The fourth-order valence-corrected chi connectivity index (χ4v) is 6.15. The van der Waals surface area contributed by atoms with Crippen LogP contribution in [0.3, 0.4) is 0 Å². The van der Waals surface area contributed by atoms with E-state index < -0.39 is 0 Å². The number of allylic oxidation sites excluding steroid dienone is 1. The van der Waals surface area contributed by atoms with Gasteiger partial charge in [0.2, 0.25) is 25.0 Å². The van der Waals surface area contributed by atoms with E-state index in [0.29, 0.717) is 23.5 Å². The summed E-state index contributed by atoms with van der Waals surface area (Å²) in [5, 5.41) is 1.97. The Balaban J connectivity index is 0.00000308. The summed E-state index contributed by atoms with van der Waals surface area (Å²) in [6.45, 7) is 9.92. The molecule has 0 saturated heterocycles. The van der Waals surface area contributed by atoms with Crippen LogP contribution in [0.2, 0.25) is 0 Å². The molecule has 0 amide bonds. The van der Waals surface area contributed by atoms with Crippen LogP contribution in [0.4, 0.5) is 0 Å². The third kappa shape index (κ3) is 4.84. The van der Waals surface area contributed by atoms with Crippen molar-refractivity contribution in [1.82, 2.24) is 0 Å². The van der Waals surface area contributed by atoms with Crippen molar-refractivity contribution < 1.29 is 40.7 Å². The number of ether oxygens (including phenoxy) is 4. The van der Waals surface area contributed by atoms with Crippen molar-refractivity contribution in [2.75, 3.05) is 13.6 Å². The lowest BCUT2D eigenvalue weighted by atomic mass is 9.88. The Morgan fingerprint density at radius 2 is 1.62 bits per heavy atom. The van der Waals surface area contributed by atoms with E-state index in [9.17, 15) is 4.79 Å². The number of halogens is 1. The van der Waals surface area contributed by atoms with E-state index in [4.69, 9.17) is 18.9 Å². The molecular formula is C32H36ClNO5. The second-order valence-corrected chi connectivity index (χ2v) is 10.6. The topological polar surface area (TPSA) is 57.9 Å². The van der Waals surface area contributed by atoms with Gasteiger partial charge in [-0.15, -0.1) is 0 Å². The first-order chi connectivity index (χ1) is 18.6. The number of unbranched alkanes of at least 4 members (excludes halogenated alkanes) is 6. The largest absolute Gasteiger partial charge is 1.00 e. The third-order valence-electron chi connectivity index (χ3n) is 8.16. The minimum absolute atomic E-state index is 0. The first-order valence-electron chi connectivity index (χ1n) is 14.0. The Kier molecular flexibility index (Phi) is 8.03. The normalized spacial score (nSPS) is 14.1. The van der Waals surface area contributed by atoms with Gasteiger partial charge in [-0.05, 0) is 43.2 Å². The van der Waals surface area contributed by atoms with Crippen molar-refractivity contribution in [1.29, 1.82) is 0 Å². The summed E-state index contributed by atoms with van der Waals surface area (Å²) < 4.78 is 25.4. The predicted molar refractivity (Wildman–Crippen MR) is 147 cm³/mol. The minimum atomic E-state index is 0. The number of pyridine rings is 1. The van der Waals surface area contributed by atoms with Crippen LogP contribution in [0, 0.1) is 6.92 Å². The van der Waals surface area contributed by atoms with Gasteiger partial charge >= 0.3 is 0 Å². The van der Waals surface area contributed by atoms with Gasteiger partial charge in [-0.1, -0.05) is 52.0 Å². The first kappa shape index (κ1) is 27.3. The molecule has 6 rings (SSSR count). The number of Topliss-reactive ketones (excluding diaryl/α,β-unsaturated/α-hetero) is 1. The van der Waals surface area contributed by atoms with Crippen molar-refractivity contribution in [2.24, 2.45) is 0 Å². The number of nitrogens with zero attached hydrogens (tertiary/aromatic N) is 1. The van der Waals surface area contributed by atoms with E-state index in [0.717, 1.165) is 70.6 Å². The van der Waals surface area contributed by atoms with Gasteiger partial charge in [-0.2, -0.15) is 4.57 Å². The zero-order valence-corrected chi connectivity index (χ0v) is 23.6. The standard InChI is InChI=1S/C32H36NO5.ClH/c1-4-5-6-7-8-9-10-11-25(34)21(3)31-29-23(12-13-26-32(29)38-19-35-26)20(2)30-24-17-28-27(36-18-37-28)16-22(24)14-15-33(30)31;/h12-13,16-17H,3-11,14-15,18-19H2,1-2H3;1H/q+1;/p-1. The van der Waals surface area contributed by atoms with Crippen LogP contribution in [-0.2, 0) is 17.8 Å². The molecular weight excluding hydrogens is 514 g/mol. The molecule has 206 valence electrons. The van der Waals surface area contributed by atoms with Gasteiger partial charge in [-0.25, -0.2) is 0 Å². The van der Waals surface area contributed by atoms with E-state index in [1.807, 2.05) is 6.07 Å². The number of hydrogen-bond donors (Lipinski definition) is 0. The SMILES string of the molecule is C=C(C(=O)CCCCCCCCC)c1c2c3c(ccc2c(C)c2[n+]1CCc1cc4c(cc1-2)OCO4)OCO3.[Cl-]. The molecule has 0 radical (unpaired) electrons. The Bertz CT molecular complexity index is 1450. The lowest BCUT2D eigenvalue weighted by Gasteiger charge is -2.22. The number of aryl methyl sites for hydroxylation is 2. The molecule has 0 N–H and O–H groups in total. The quantitative estimate of drug-likeness (QED) is 0.218. The second-order valence-electron chi connectivity index (χ2n) is 10.6. The molecule has 0 saturated carbocycles. The number of hydrogen-bond acceptors (Lipinski definition) is 5. The van der Waals surface area contributed by atoms with Crippen molar-refractivity contribution in [3.8, 4) is 34.3 Å². The number of ketones is 1. The van der Waals surface area contributed by atoms with Crippen LogP contribution in [0.15, 0.2) is 30.8 Å². The third-order valence-corrected chi connectivity index (χ3v) is 8.16. The molecule has 3 aliphatic rings. The Hall–Kier alpha value is -3.25. The molecule has 0 spiro atoms. The van der Waals surface area contributed by atoms with E-state index in [2.05, 4.69) is 43.2 Å². The summed E-state index contributed by atoms with van der Waals surface area (Å²) in [5.41, 5.74) is 5.97. The van der Waals surface area contributed by atoms with Crippen LogP contribution in [0.1, 0.15) is 75.1 Å². The zero-order chi connectivity index (χ0) is 26.2. The summed E-state index contributed by atoms with van der Waals surface area (Å²) in [4.78, 5) is 13.6. The van der Waals surface area contributed by atoms with Gasteiger partial charge in [0, 0.05) is 23.8 Å². The Morgan fingerprint density at radius 3 is 2.41 bits per heavy atom.